The number of hydrogen-bond acceptors (Lipinski definition) is 4. The van der Waals surface area contributed by atoms with E-state index in [9.17, 15) is 4.57 Å². The van der Waals surface area contributed by atoms with Gasteiger partial charge in [0.05, 0.1) is 13.2 Å². The Morgan fingerprint density at radius 1 is 1.25 bits per heavy atom. The molecule has 0 radical (unpaired) electrons. The monoisotopic (exact) mass is 296 g/mol. The Hall–Kier alpha value is -1.13. The number of benzene rings is 1. The maximum atomic E-state index is 12.8. The van der Waals surface area contributed by atoms with Crippen molar-refractivity contribution in [3.8, 4) is 0 Å². The van der Waals surface area contributed by atoms with E-state index in [4.69, 9.17) is 14.8 Å². The molecular weight excluding hydrogens is 275 g/mol. The van der Waals surface area contributed by atoms with E-state index in [2.05, 4.69) is 0 Å². The standard InChI is InChI=1S/C14H21N2O3P/c1-4-18-20(17,19-5-2)14(15)12-10-16(3)13-9-7-6-8-11(12)13/h6-10,14H,4-5,15H2,1-3H3/t14-/m0/s1. The molecule has 2 aromatic rings. The van der Waals surface area contributed by atoms with Gasteiger partial charge in [-0.25, -0.2) is 0 Å². The van der Waals surface area contributed by atoms with E-state index >= 15 is 0 Å². The first-order valence-electron chi connectivity index (χ1n) is 6.71. The fourth-order valence-electron chi connectivity index (χ4n) is 2.34. The normalized spacial score (nSPS) is 13.8. The molecule has 0 fully saturated rings. The van der Waals surface area contributed by atoms with Gasteiger partial charge in [0, 0.05) is 29.7 Å². The molecule has 110 valence electrons. The number of fused-ring (bicyclic) bond motifs is 1. The first-order valence-corrected chi connectivity index (χ1v) is 8.33. The quantitative estimate of drug-likeness (QED) is 0.830. The van der Waals surface area contributed by atoms with E-state index in [1.807, 2.05) is 42.1 Å². The van der Waals surface area contributed by atoms with Gasteiger partial charge >= 0.3 is 7.60 Å². The van der Waals surface area contributed by atoms with Gasteiger partial charge in [0.15, 0.2) is 0 Å². The zero-order chi connectivity index (χ0) is 14.8. The fraction of sp³-hybridized carbons (Fsp3) is 0.429. The molecule has 0 bridgehead atoms. The zero-order valence-corrected chi connectivity index (χ0v) is 13.0. The van der Waals surface area contributed by atoms with Crippen LogP contribution in [-0.2, 0) is 20.7 Å². The minimum atomic E-state index is -3.36. The van der Waals surface area contributed by atoms with Crippen molar-refractivity contribution in [3.05, 3.63) is 36.0 Å². The first-order chi connectivity index (χ1) is 9.53. The van der Waals surface area contributed by atoms with Gasteiger partial charge in [0.1, 0.15) is 5.78 Å². The SMILES string of the molecule is CCOP(=O)(OCC)[C@H](N)c1cn(C)c2ccccc12. The summed E-state index contributed by atoms with van der Waals surface area (Å²) in [6, 6.07) is 7.86. The molecule has 1 aromatic carbocycles. The van der Waals surface area contributed by atoms with Gasteiger partial charge in [-0.15, -0.1) is 0 Å². The van der Waals surface area contributed by atoms with Crippen LogP contribution in [0.4, 0.5) is 0 Å². The van der Waals surface area contributed by atoms with Crippen LogP contribution < -0.4 is 5.73 Å². The number of para-hydroxylation sites is 1. The lowest BCUT2D eigenvalue weighted by Gasteiger charge is -2.22. The minimum Gasteiger partial charge on any atom is -0.350 e. The van der Waals surface area contributed by atoms with Gasteiger partial charge < -0.3 is 19.3 Å². The highest BCUT2D eigenvalue weighted by Gasteiger charge is 2.35. The molecule has 0 unspecified atom stereocenters. The van der Waals surface area contributed by atoms with Crippen molar-refractivity contribution in [2.75, 3.05) is 13.2 Å². The van der Waals surface area contributed by atoms with Crippen molar-refractivity contribution in [2.24, 2.45) is 12.8 Å². The Morgan fingerprint density at radius 3 is 2.45 bits per heavy atom. The number of hydrogen-bond donors (Lipinski definition) is 1. The van der Waals surface area contributed by atoms with Gasteiger partial charge in [-0.05, 0) is 19.9 Å². The Bertz CT molecular complexity index is 628. The zero-order valence-electron chi connectivity index (χ0n) is 12.1. The minimum absolute atomic E-state index is 0.301. The lowest BCUT2D eigenvalue weighted by atomic mass is 10.2. The summed E-state index contributed by atoms with van der Waals surface area (Å²) in [6.45, 7) is 4.16. The van der Waals surface area contributed by atoms with Gasteiger partial charge in [-0.1, -0.05) is 18.2 Å². The molecule has 6 heteroatoms. The van der Waals surface area contributed by atoms with Gasteiger partial charge in [-0.2, -0.15) is 0 Å². The number of aryl methyl sites for hydroxylation is 1. The number of rotatable bonds is 6. The third kappa shape index (κ3) is 2.67. The Morgan fingerprint density at radius 2 is 1.85 bits per heavy atom. The highest BCUT2D eigenvalue weighted by atomic mass is 31.2. The van der Waals surface area contributed by atoms with E-state index in [0.717, 1.165) is 16.5 Å². The molecule has 0 saturated heterocycles. The number of nitrogens with zero attached hydrogens (tertiary/aromatic N) is 1. The molecule has 0 aliphatic carbocycles. The maximum Gasteiger partial charge on any atom is 0.351 e. The average molecular weight is 296 g/mol. The molecule has 5 nitrogen and oxygen atoms in total. The van der Waals surface area contributed by atoms with Crippen LogP contribution in [0.15, 0.2) is 30.5 Å². The molecule has 1 atom stereocenters. The van der Waals surface area contributed by atoms with Crippen LogP contribution in [0.5, 0.6) is 0 Å². The molecule has 20 heavy (non-hydrogen) atoms. The van der Waals surface area contributed by atoms with Crippen LogP contribution >= 0.6 is 7.60 Å². The van der Waals surface area contributed by atoms with Crippen molar-refractivity contribution in [2.45, 2.75) is 19.6 Å². The molecule has 0 amide bonds. The van der Waals surface area contributed by atoms with Gasteiger partial charge in [0.25, 0.3) is 0 Å². The Kier molecular flexibility index (Phi) is 4.66. The largest absolute Gasteiger partial charge is 0.351 e. The molecule has 0 spiro atoms. The van der Waals surface area contributed by atoms with E-state index in [1.165, 1.54) is 0 Å². The van der Waals surface area contributed by atoms with Crippen LogP contribution in [-0.4, -0.2) is 17.8 Å². The summed E-state index contributed by atoms with van der Waals surface area (Å²) in [7, 11) is -1.42. The van der Waals surface area contributed by atoms with Crippen molar-refractivity contribution in [1.82, 2.24) is 4.57 Å². The van der Waals surface area contributed by atoms with E-state index < -0.39 is 13.4 Å². The molecule has 1 aromatic heterocycles. The second-order valence-corrected chi connectivity index (χ2v) is 6.69. The summed E-state index contributed by atoms with van der Waals surface area (Å²) in [5.41, 5.74) is 8.02. The molecule has 0 aliphatic rings. The fourth-order valence-corrected chi connectivity index (χ4v) is 4.00. The molecule has 0 saturated carbocycles. The van der Waals surface area contributed by atoms with Crippen LogP contribution in [0.1, 0.15) is 25.2 Å². The summed E-state index contributed by atoms with van der Waals surface area (Å²) >= 11 is 0. The molecule has 0 aliphatic heterocycles. The number of aromatic nitrogens is 1. The smallest absolute Gasteiger partial charge is 0.350 e. The van der Waals surface area contributed by atoms with Crippen molar-refractivity contribution in [3.63, 3.8) is 0 Å². The van der Waals surface area contributed by atoms with E-state index in [-0.39, 0.29) is 0 Å². The molecular formula is C14H21N2O3P. The Balaban J connectivity index is 2.49. The third-order valence-corrected chi connectivity index (χ3v) is 5.40. The highest BCUT2D eigenvalue weighted by molar-refractivity contribution is 7.54. The van der Waals surface area contributed by atoms with Crippen LogP contribution in [0.25, 0.3) is 10.9 Å². The summed E-state index contributed by atoms with van der Waals surface area (Å²) in [4.78, 5) is 0. The lowest BCUT2D eigenvalue weighted by Crippen LogP contribution is -2.14. The van der Waals surface area contributed by atoms with Crippen LogP contribution in [0, 0.1) is 0 Å². The summed E-state index contributed by atoms with van der Waals surface area (Å²) in [5.74, 6) is -0.784. The van der Waals surface area contributed by atoms with Crippen LogP contribution in [0.3, 0.4) is 0 Å². The summed E-state index contributed by atoms with van der Waals surface area (Å²) in [5, 5.41) is 0.974. The topological polar surface area (TPSA) is 66.5 Å². The van der Waals surface area contributed by atoms with Gasteiger partial charge in [0.2, 0.25) is 0 Å². The predicted octanol–water partition coefficient (Wildman–Crippen LogP) is 3.40. The maximum absolute atomic E-state index is 12.8. The average Bonchev–Trinajstić information content (AvgIpc) is 2.76. The Labute approximate surface area is 119 Å². The molecule has 2 N–H and O–H groups in total. The van der Waals surface area contributed by atoms with Crippen molar-refractivity contribution < 1.29 is 13.6 Å². The third-order valence-electron chi connectivity index (χ3n) is 3.21. The van der Waals surface area contributed by atoms with Crippen molar-refractivity contribution >= 4 is 18.5 Å². The van der Waals surface area contributed by atoms with Crippen molar-refractivity contribution in [1.29, 1.82) is 0 Å². The molecule has 1 heterocycles. The van der Waals surface area contributed by atoms with Gasteiger partial charge in [-0.3, -0.25) is 4.57 Å². The summed E-state index contributed by atoms with van der Waals surface area (Å²) in [6.07, 6.45) is 1.89. The van der Waals surface area contributed by atoms with E-state index in [0.29, 0.717) is 13.2 Å². The molecule has 2 rings (SSSR count). The highest BCUT2D eigenvalue weighted by Crippen LogP contribution is 2.59. The van der Waals surface area contributed by atoms with Crippen LogP contribution in [0.2, 0.25) is 0 Å². The number of nitrogens with two attached hydrogens (primary N) is 1. The summed E-state index contributed by atoms with van der Waals surface area (Å²) < 4.78 is 25.4. The second-order valence-electron chi connectivity index (χ2n) is 4.53. The second kappa shape index (κ2) is 6.10. The lowest BCUT2D eigenvalue weighted by molar-refractivity contribution is 0.212. The van der Waals surface area contributed by atoms with E-state index in [1.54, 1.807) is 13.8 Å². The predicted molar refractivity (Wildman–Crippen MR) is 80.7 cm³/mol. The first kappa shape index (κ1) is 15.3.